The van der Waals surface area contributed by atoms with Gasteiger partial charge in [-0.1, -0.05) is 6.07 Å². The molecule has 0 saturated carbocycles. The predicted octanol–water partition coefficient (Wildman–Crippen LogP) is 1.80. The molecule has 0 unspecified atom stereocenters. The summed E-state index contributed by atoms with van der Waals surface area (Å²) >= 11 is 0. The second kappa shape index (κ2) is 4.45. The molecule has 1 aromatic carbocycles. The first kappa shape index (κ1) is 10.3. The van der Waals surface area contributed by atoms with Crippen molar-refractivity contribution in [1.82, 2.24) is 0 Å². The summed E-state index contributed by atoms with van der Waals surface area (Å²) in [7, 11) is -0.472. The molecular formula is C9H14NO2P. The minimum absolute atomic E-state index is 0.0159. The van der Waals surface area contributed by atoms with Crippen molar-refractivity contribution in [1.29, 1.82) is 0 Å². The molecule has 72 valence electrons. The summed E-state index contributed by atoms with van der Waals surface area (Å²) in [6.07, 6.45) is 0. The summed E-state index contributed by atoms with van der Waals surface area (Å²) in [5.74, 6) is 0.669. The maximum Gasteiger partial charge on any atom is 0.146 e. The molecule has 0 aliphatic carbocycles. The SMILES string of the molecule is CP(C)Oc1cc(CO)ccc1N. The van der Waals surface area contributed by atoms with Crippen molar-refractivity contribution < 1.29 is 9.63 Å². The summed E-state index contributed by atoms with van der Waals surface area (Å²) in [4.78, 5) is 0. The Kier molecular flexibility index (Phi) is 3.52. The molecule has 0 aliphatic heterocycles. The summed E-state index contributed by atoms with van der Waals surface area (Å²) < 4.78 is 5.52. The fourth-order valence-electron chi connectivity index (χ4n) is 0.953. The molecule has 3 nitrogen and oxygen atoms in total. The van der Waals surface area contributed by atoms with E-state index in [0.717, 1.165) is 5.56 Å². The lowest BCUT2D eigenvalue weighted by Crippen LogP contribution is -1.94. The van der Waals surface area contributed by atoms with Crippen LogP contribution in [0.2, 0.25) is 0 Å². The molecule has 0 saturated heterocycles. The summed E-state index contributed by atoms with van der Waals surface area (Å²) in [5, 5.41) is 8.90. The van der Waals surface area contributed by atoms with E-state index in [2.05, 4.69) is 0 Å². The zero-order valence-electron chi connectivity index (χ0n) is 7.82. The molecule has 0 radical (unpaired) electrons. The van der Waals surface area contributed by atoms with E-state index < -0.39 is 8.15 Å². The number of benzene rings is 1. The van der Waals surface area contributed by atoms with Gasteiger partial charge in [0.1, 0.15) is 5.75 Å². The van der Waals surface area contributed by atoms with Gasteiger partial charge in [0.05, 0.1) is 20.4 Å². The minimum atomic E-state index is -0.472. The van der Waals surface area contributed by atoms with Gasteiger partial charge in [-0.25, -0.2) is 0 Å². The second-order valence-corrected chi connectivity index (χ2v) is 4.74. The predicted molar refractivity (Wildman–Crippen MR) is 56.2 cm³/mol. The van der Waals surface area contributed by atoms with E-state index in [1.54, 1.807) is 18.2 Å². The number of nitrogens with two attached hydrogens (primary N) is 1. The van der Waals surface area contributed by atoms with Crippen LogP contribution in [0.1, 0.15) is 5.56 Å². The van der Waals surface area contributed by atoms with Crippen molar-refractivity contribution in [3.63, 3.8) is 0 Å². The van der Waals surface area contributed by atoms with E-state index in [9.17, 15) is 0 Å². The number of nitrogen functional groups attached to an aromatic ring is 1. The van der Waals surface area contributed by atoms with Crippen LogP contribution in [-0.2, 0) is 6.61 Å². The first-order chi connectivity index (χ1) is 6.13. The highest BCUT2D eigenvalue weighted by atomic mass is 31.1. The zero-order chi connectivity index (χ0) is 9.84. The van der Waals surface area contributed by atoms with Crippen molar-refractivity contribution in [2.75, 3.05) is 19.1 Å². The van der Waals surface area contributed by atoms with Gasteiger partial charge in [0, 0.05) is 0 Å². The van der Waals surface area contributed by atoms with Gasteiger partial charge in [0.2, 0.25) is 0 Å². The average Bonchev–Trinajstić information content (AvgIpc) is 2.08. The van der Waals surface area contributed by atoms with Crippen LogP contribution in [-0.4, -0.2) is 18.4 Å². The number of hydrogen-bond acceptors (Lipinski definition) is 3. The normalized spacial score (nSPS) is 10.5. The lowest BCUT2D eigenvalue weighted by atomic mass is 10.2. The van der Waals surface area contributed by atoms with E-state index in [-0.39, 0.29) is 6.61 Å². The van der Waals surface area contributed by atoms with Crippen LogP contribution in [0.3, 0.4) is 0 Å². The topological polar surface area (TPSA) is 55.5 Å². The Hall–Kier alpha value is -0.790. The Balaban J connectivity index is 2.90. The maximum absolute atomic E-state index is 8.90. The molecular weight excluding hydrogens is 185 g/mol. The molecule has 1 aromatic rings. The quantitative estimate of drug-likeness (QED) is 0.576. The van der Waals surface area contributed by atoms with Crippen molar-refractivity contribution in [2.45, 2.75) is 6.61 Å². The third kappa shape index (κ3) is 2.87. The van der Waals surface area contributed by atoms with Gasteiger partial charge in [-0.3, -0.25) is 0 Å². The molecule has 3 N–H and O–H groups in total. The van der Waals surface area contributed by atoms with E-state index in [1.165, 1.54) is 0 Å². The van der Waals surface area contributed by atoms with E-state index in [4.69, 9.17) is 15.4 Å². The third-order valence-corrected chi connectivity index (χ3v) is 2.10. The van der Waals surface area contributed by atoms with E-state index in [0.29, 0.717) is 11.4 Å². The Labute approximate surface area is 79.4 Å². The molecule has 0 heterocycles. The molecule has 0 aliphatic rings. The average molecular weight is 199 g/mol. The Morgan fingerprint density at radius 1 is 1.46 bits per heavy atom. The zero-order valence-corrected chi connectivity index (χ0v) is 8.71. The fourth-order valence-corrected chi connectivity index (χ4v) is 1.50. The van der Waals surface area contributed by atoms with Crippen LogP contribution in [0, 0.1) is 0 Å². The molecule has 0 aromatic heterocycles. The van der Waals surface area contributed by atoms with Crippen LogP contribution < -0.4 is 10.3 Å². The van der Waals surface area contributed by atoms with Crippen molar-refractivity contribution in [3.05, 3.63) is 23.8 Å². The van der Waals surface area contributed by atoms with Gasteiger partial charge in [-0.2, -0.15) is 0 Å². The van der Waals surface area contributed by atoms with Crippen molar-refractivity contribution in [3.8, 4) is 5.75 Å². The van der Waals surface area contributed by atoms with Gasteiger partial charge in [-0.15, -0.1) is 0 Å². The van der Waals surface area contributed by atoms with Crippen molar-refractivity contribution >= 4 is 13.8 Å². The van der Waals surface area contributed by atoms with Gasteiger partial charge < -0.3 is 15.4 Å². The number of aliphatic hydroxyl groups excluding tert-OH is 1. The standard InChI is InChI=1S/C9H14NO2P/c1-13(2)12-9-5-7(6-11)3-4-8(9)10/h3-5,11H,6,10H2,1-2H3. The Morgan fingerprint density at radius 2 is 2.15 bits per heavy atom. The summed E-state index contributed by atoms with van der Waals surface area (Å²) in [6, 6.07) is 5.31. The molecule has 0 amide bonds. The minimum Gasteiger partial charge on any atom is -0.472 e. The van der Waals surface area contributed by atoms with Gasteiger partial charge >= 0.3 is 0 Å². The number of anilines is 1. The van der Waals surface area contributed by atoms with Gasteiger partial charge in [-0.05, 0) is 31.0 Å². The lowest BCUT2D eigenvalue weighted by molar-refractivity contribution is 0.281. The molecule has 0 bridgehead atoms. The molecule has 0 spiro atoms. The highest BCUT2D eigenvalue weighted by Gasteiger charge is 2.03. The maximum atomic E-state index is 8.90. The van der Waals surface area contributed by atoms with Crippen LogP contribution in [0.25, 0.3) is 0 Å². The fraction of sp³-hybridized carbons (Fsp3) is 0.333. The van der Waals surface area contributed by atoms with Gasteiger partial charge in [0.25, 0.3) is 0 Å². The first-order valence-corrected chi connectivity index (χ1v) is 6.13. The van der Waals surface area contributed by atoms with Crippen LogP contribution in [0.15, 0.2) is 18.2 Å². The van der Waals surface area contributed by atoms with Crippen LogP contribution >= 0.6 is 8.15 Å². The Bertz CT molecular complexity index is 289. The Morgan fingerprint density at radius 3 is 2.69 bits per heavy atom. The summed E-state index contributed by atoms with van der Waals surface area (Å²) in [6.45, 7) is 4.02. The monoisotopic (exact) mass is 199 g/mol. The number of hydrogen-bond donors (Lipinski definition) is 2. The van der Waals surface area contributed by atoms with Gasteiger partial charge in [0.15, 0.2) is 0 Å². The van der Waals surface area contributed by atoms with Crippen molar-refractivity contribution in [2.24, 2.45) is 0 Å². The number of rotatable bonds is 3. The summed E-state index contributed by atoms with van der Waals surface area (Å²) in [5.41, 5.74) is 7.14. The molecule has 4 heteroatoms. The number of aliphatic hydroxyl groups is 1. The van der Waals surface area contributed by atoms with Crippen LogP contribution in [0.5, 0.6) is 5.75 Å². The highest BCUT2D eigenvalue weighted by Crippen LogP contribution is 2.34. The third-order valence-electron chi connectivity index (χ3n) is 1.54. The highest BCUT2D eigenvalue weighted by molar-refractivity contribution is 7.51. The largest absolute Gasteiger partial charge is 0.472 e. The van der Waals surface area contributed by atoms with E-state index >= 15 is 0 Å². The lowest BCUT2D eigenvalue weighted by Gasteiger charge is -2.12. The molecule has 0 fully saturated rings. The molecule has 0 atom stereocenters. The second-order valence-electron chi connectivity index (χ2n) is 2.93. The smallest absolute Gasteiger partial charge is 0.146 e. The van der Waals surface area contributed by atoms with Crippen LogP contribution in [0.4, 0.5) is 5.69 Å². The molecule has 1 rings (SSSR count). The first-order valence-electron chi connectivity index (χ1n) is 3.98. The molecule has 13 heavy (non-hydrogen) atoms. The van der Waals surface area contributed by atoms with E-state index in [1.807, 2.05) is 13.3 Å².